The second kappa shape index (κ2) is 6.73. The highest BCUT2D eigenvalue weighted by atomic mass is 16.2. The molecule has 1 aromatic heterocycles. The molecule has 0 aliphatic carbocycles. The molecule has 1 amide bonds. The van der Waals surface area contributed by atoms with Gasteiger partial charge >= 0.3 is 0 Å². The summed E-state index contributed by atoms with van der Waals surface area (Å²) in [4.78, 5) is 20.9. The fourth-order valence-corrected chi connectivity index (χ4v) is 3.76. The van der Waals surface area contributed by atoms with E-state index < -0.39 is 0 Å². The zero-order chi connectivity index (χ0) is 16.4. The van der Waals surface area contributed by atoms with Crippen molar-refractivity contribution in [2.45, 2.75) is 38.3 Å². The predicted octanol–water partition coefficient (Wildman–Crippen LogP) is 1.85. The van der Waals surface area contributed by atoms with Gasteiger partial charge in [-0.1, -0.05) is 18.2 Å². The van der Waals surface area contributed by atoms with Crippen molar-refractivity contribution in [3.63, 3.8) is 0 Å². The number of carbonyl (C=O) groups is 1. The summed E-state index contributed by atoms with van der Waals surface area (Å²) >= 11 is 0. The molecule has 0 saturated carbocycles. The maximum Gasteiger partial charge on any atom is 0.222 e. The Hall–Kier alpha value is -2.21. The Kier molecular flexibility index (Phi) is 4.30. The number of carbonyl (C=O) groups excluding carboxylic acids is 1. The van der Waals surface area contributed by atoms with E-state index in [2.05, 4.69) is 19.9 Å². The fraction of sp³-hybridized carbons (Fsp3) is 0.500. The van der Waals surface area contributed by atoms with Crippen LogP contribution >= 0.6 is 0 Å². The lowest BCUT2D eigenvalue weighted by molar-refractivity contribution is -0.130. The van der Waals surface area contributed by atoms with Gasteiger partial charge in [0.1, 0.15) is 6.33 Å². The van der Waals surface area contributed by atoms with Gasteiger partial charge in [-0.05, 0) is 37.9 Å². The van der Waals surface area contributed by atoms with Crippen LogP contribution in [0.3, 0.4) is 0 Å². The van der Waals surface area contributed by atoms with E-state index in [9.17, 15) is 4.79 Å². The highest BCUT2D eigenvalue weighted by Gasteiger charge is 2.31. The monoisotopic (exact) mass is 325 g/mol. The van der Waals surface area contributed by atoms with Crippen molar-refractivity contribution in [3.8, 4) is 5.69 Å². The minimum absolute atomic E-state index is 0.327. The van der Waals surface area contributed by atoms with Crippen LogP contribution in [0.4, 0.5) is 0 Å². The predicted molar refractivity (Wildman–Crippen MR) is 90.6 cm³/mol. The zero-order valence-corrected chi connectivity index (χ0v) is 13.8. The molecule has 3 heterocycles. The first kappa shape index (κ1) is 15.3. The lowest BCUT2D eigenvalue weighted by Crippen LogP contribution is -2.48. The van der Waals surface area contributed by atoms with E-state index in [0.717, 1.165) is 63.4 Å². The van der Waals surface area contributed by atoms with Crippen LogP contribution in [0.1, 0.15) is 31.5 Å². The van der Waals surface area contributed by atoms with Gasteiger partial charge in [-0.25, -0.2) is 9.67 Å². The second-order valence-electron chi connectivity index (χ2n) is 6.66. The van der Waals surface area contributed by atoms with Gasteiger partial charge in [-0.15, -0.1) is 5.10 Å². The maximum atomic E-state index is 12.0. The van der Waals surface area contributed by atoms with Gasteiger partial charge in [-0.2, -0.15) is 0 Å². The van der Waals surface area contributed by atoms with Crippen LogP contribution in [0, 0.1) is 0 Å². The summed E-state index contributed by atoms with van der Waals surface area (Å²) in [6.45, 7) is 3.67. The Labute approximate surface area is 142 Å². The van der Waals surface area contributed by atoms with Gasteiger partial charge in [-0.3, -0.25) is 9.69 Å². The molecule has 2 aliphatic heterocycles. The Morgan fingerprint density at radius 2 is 2.00 bits per heavy atom. The summed E-state index contributed by atoms with van der Waals surface area (Å²) < 4.78 is 1.82. The van der Waals surface area contributed by atoms with Crippen molar-refractivity contribution < 1.29 is 4.79 Å². The third-order valence-electron chi connectivity index (χ3n) is 4.96. The van der Waals surface area contributed by atoms with E-state index in [1.54, 1.807) is 6.33 Å². The number of amides is 1. The third-order valence-corrected chi connectivity index (χ3v) is 4.96. The molecule has 1 aromatic carbocycles. The molecule has 126 valence electrons. The molecule has 2 aromatic rings. The number of aromatic nitrogens is 3. The molecule has 2 saturated heterocycles. The highest BCUT2D eigenvalue weighted by molar-refractivity contribution is 5.78. The summed E-state index contributed by atoms with van der Waals surface area (Å²) in [5, 5.41) is 4.60. The molecular formula is C18H23N5O. The number of piperidine rings is 1. The van der Waals surface area contributed by atoms with Crippen LogP contribution in [0.5, 0.6) is 0 Å². The van der Waals surface area contributed by atoms with Gasteiger partial charge in [0.2, 0.25) is 5.91 Å². The summed E-state index contributed by atoms with van der Waals surface area (Å²) in [5.41, 5.74) is 1.02. The molecule has 6 nitrogen and oxygen atoms in total. The minimum Gasteiger partial charge on any atom is -0.338 e. The van der Waals surface area contributed by atoms with E-state index in [1.165, 1.54) is 0 Å². The molecule has 0 radical (unpaired) electrons. The van der Waals surface area contributed by atoms with Gasteiger partial charge in [0.15, 0.2) is 5.82 Å². The first-order chi connectivity index (χ1) is 11.8. The standard InChI is InChI=1S/C18H23N5O/c24-18-9-5-11-22(18)16-8-4-10-21(12-16)13-17-19-14-23(20-17)15-6-2-1-3-7-15/h1-3,6-7,14,16H,4-5,8-13H2/t16-/m1/s1. The third kappa shape index (κ3) is 3.19. The number of rotatable bonds is 4. The Bertz CT molecular complexity index is 698. The quantitative estimate of drug-likeness (QED) is 0.861. The van der Waals surface area contributed by atoms with E-state index in [4.69, 9.17) is 0 Å². The molecule has 0 spiro atoms. The SMILES string of the molecule is O=C1CCCN1[C@@H]1CCCN(Cc2ncn(-c3ccccc3)n2)C1. The number of benzene rings is 1. The van der Waals surface area contributed by atoms with Crippen molar-refractivity contribution in [2.24, 2.45) is 0 Å². The lowest BCUT2D eigenvalue weighted by Gasteiger charge is -2.37. The summed E-state index contributed by atoms with van der Waals surface area (Å²) in [7, 11) is 0. The summed E-state index contributed by atoms with van der Waals surface area (Å²) in [6.07, 6.45) is 5.76. The minimum atomic E-state index is 0.327. The van der Waals surface area contributed by atoms with Crippen LogP contribution in [0.15, 0.2) is 36.7 Å². The normalized spacial score (nSPS) is 22.2. The average molecular weight is 325 g/mol. The largest absolute Gasteiger partial charge is 0.338 e. The van der Waals surface area contributed by atoms with Crippen molar-refractivity contribution in [1.29, 1.82) is 0 Å². The molecular weight excluding hydrogens is 302 g/mol. The molecule has 0 unspecified atom stereocenters. The van der Waals surface area contributed by atoms with Gasteiger partial charge in [0, 0.05) is 25.6 Å². The van der Waals surface area contributed by atoms with Crippen LogP contribution in [-0.4, -0.2) is 56.1 Å². The van der Waals surface area contributed by atoms with E-state index in [1.807, 2.05) is 35.0 Å². The summed E-state index contributed by atoms with van der Waals surface area (Å²) in [5.74, 6) is 1.17. The smallest absolute Gasteiger partial charge is 0.222 e. The zero-order valence-electron chi connectivity index (χ0n) is 13.8. The molecule has 6 heteroatoms. The molecule has 2 aliphatic rings. The van der Waals surface area contributed by atoms with E-state index in [-0.39, 0.29) is 0 Å². The molecule has 0 bridgehead atoms. The van der Waals surface area contributed by atoms with Gasteiger partial charge < -0.3 is 4.90 Å². The van der Waals surface area contributed by atoms with Crippen molar-refractivity contribution in [1.82, 2.24) is 24.6 Å². The van der Waals surface area contributed by atoms with Gasteiger partial charge in [0.25, 0.3) is 0 Å². The number of likely N-dealkylation sites (tertiary alicyclic amines) is 2. The molecule has 2 fully saturated rings. The van der Waals surface area contributed by atoms with Crippen molar-refractivity contribution >= 4 is 5.91 Å². The van der Waals surface area contributed by atoms with E-state index >= 15 is 0 Å². The number of para-hydroxylation sites is 1. The second-order valence-corrected chi connectivity index (χ2v) is 6.66. The topological polar surface area (TPSA) is 54.3 Å². The van der Waals surface area contributed by atoms with Crippen LogP contribution in [0.25, 0.3) is 5.69 Å². The Morgan fingerprint density at radius 3 is 2.79 bits per heavy atom. The number of hydrogen-bond donors (Lipinski definition) is 0. The molecule has 24 heavy (non-hydrogen) atoms. The maximum absolute atomic E-state index is 12.0. The molecule has 1 atom stereocenters. The van der Waals surface area contributed by atoms with Crippen LogP contribution in [0.2, 0.25) is 0 Å². The number of nitrogens with zero attached hydrogens (tertiary/aromatic N) is 5. The van der Waals surface area contributed by atoms with Crippen molar-refractivity contribution in [2.75, 3.05) is 19.6 Å². The van der Waals surface area contributed by atoms with Gasteiger partial charge in [0.05, 0.1) is 12.2 Å². The summed E-state index contributed by atoms with van der Waals surface area (Å²) in [6, 6.07) is 10.4. The Morgan fingerprint density at radius 1 is 1.12 bits per heavy atom. The highest BCUT2D eigenvalue weighted by Crippen LogP contribution is 2.22. The Balaban J connectivity index is 1.40. The fourth-order valence-electron chi connectivity index (χ4n) is 3.76. The van der Waals surface area contributed by atoms with E-state index in [0.29, 0.717) is 11.9 Å². The lowest BCUT2D eigenvalue weighted by atomic mass is 10.0. The van der Waals surface area contributed by atoms with Crippen molar-refractivity contribution in [3.05, 3.63) is 42.5 Å². The van der Waals surface area contributed by atoms with Crippen LogP contribution < -0.4 is 0 Å². The average Bonchev–Trinajstić information content (AvgIpc) is 3.25. The van der Waals surface area contributed by atoms with Crippen LogP contribution in [-0.2, 0) is 11.3 Å². The molecule has 4 rings (SSSR count). The first-order valence-corrected chi connectivity index (χ1v) is 8.77. The first-order valence-electron chi connectivity index (χ1n) is 8.77. The number of hydrogen-bond acceptors (Lipinski definition) is 4. The molecule has 0 N–H and O–H groups in total.